The average molecular weight is 245 g/mol. The summed E-state index contributed by atoms with van der Waals surface area (Å²) in [4.78, 5) is 2.06. The van der Waals surface area contributed by atoms with Crippen molar-refractivity contribution in [3.05, 3.63) is 23.0 Å². The number of anilines is 2. The first-order valence-electron chi connectivity index (χ1n) is 5.14. The van der Waals surface area contributed by atoms with E-state index in [-0.39, 0.29) is 11.1 Å². The second kappa shape index (κ2) is 4.47. The minimum Gasteiger partial charge on any atom is -0.397 e. The number of hydrogen-bond donors (Lipinski definition) is 1. The van der Waals surface area contributed by atoms with Crippen molar-refractivity contribution in [2.75, 3.05) is 30.8 Å². The Morgan fingerprint density at radius 1 is 1.56 bits per heavy atom. The van der Waals surface area contributed by atoms with Crippen molar-refractivity contribution < 1.29 is 9.13 Å². The Balaban J connectivity index is 2.24. The zero-order valence-electron chi connectivity index (χ0n) is 9.04. The minimum atomic E-state index is -0.481. The second-order valence-electron chi connectivity index (χ2n) is 3.92. The van der Waals surface area contributed by atoms with E-state index in [1.165, 1.54) is 6.07 Å². The normalized spacial score (nSPS) is 20.4. The molecule has 0 saturated carbocycles. The maximum Gasteiger partial charge on any atom is 0.143 e. The lowest BCUT2D eigenvalue weighted by atomic mass is 10.2. The highest BCUT2D eigenvalue weighted by Crippen LogP contribution is 2.31. The summed E-state index contributed by atoms with van der Waals surface area (Å²) in [6, 6.07) is 2.84. The van der Waals surface area contributed by atoms with Crippen LogP contribution in [0.5, 0.6) is 0 Å². The van der Waals surface area contributed by atoms with E-state index in [9.17, 15) is 4.39 Å². The largest absolute Gasteiger partial charge is 0.397 e. The molecule has 1 aliphatic rings. The van der Waals surface area contributed by atoms with Gasteiger partial charge in [0.25, 0.3) is 0 Å². The van der Waals surface area contributed by atoms with Crippen LogP contribution in [-0.2, 0) is 4.74 Å². The zero-order chi connectivity index (χ0) is 11.7. The van der Waals surface area contributed by atoms with Gasteiger partial charge in [-0.3, -0.25) is 0 Å². The highest BCUT2D eigenvalue weighted by Gasteiger charge is 2.24. The molecule has 3 nitrogen and oxygen atoms in total. The standard InChI is InChI=1S/C11H14ClFN2O/c1-16-7-2-3-15(6-7)11-4-8(12)9(13)5-10(11)14/h4-5,7H,2-3,6,14H2,1H3. The summed E-state index contributed by atoms with van der Waals surface area (Å²) >= 11 is 5.75. The summed E-state index contributed by atoms with van der Waals surface area (Å²) in [6.07, 6.45) is 1.16. The van der Waals surface area contributed by atoms with Gasteiger partial charge in [-0.2, -0.15) is 0 Å². The van der Waals surface area contributed by atoms with Crippen LogP contribution in [0.25, 0.3) is 0 Å². The topological polar surface area (TPSA) is 38.5 Å². The lowest BCUT2D eigenvalue weighted by molar-refractivity contribution is 0.121. The zero-order valence-corrected chi connectivity index (χ0v) is 9.80. The van der Waals surface area contributed by atoms with Crippen LogP contribution in [0, 0.1) is 5.82 Å². The maximum atomic E-state index is 13.1. The Kier molecular flexibility index (Phi) is 3.21. The third kappa shape index (κ3) is 2.08. The van der Waals surface area contributed by atoms with E-state index in [4.69, 9.17) is 22.1 Å². The van der Waals surface area contributed by atoms with Gasteiger partial charge >= 0.3 is 0 Å². The van der Waals surface area contributed by atoms with Crippen LogP contribution >= 0.6 is 11.6 Å². The van der Waals surface area contributed by atoms with Gasteiger partial charge in [-0.25, -0.2) is 4.39 Å². The van der Waals surface area contributed by atoms with Crippen LogP contribution in [0.2, 0.25) is 5.02 Å². The number of benzene rings is 1. The summed E-state index contributed by atoms with van der Waals surface area (Å²) in [7, 11) is 1.69. The van der Waals surface area contributed by atoms with Crippen molar-refractivity contribution >= 4 is 23.0 Å². The third-order valence-electron chi connectivity index (χ3n) is 2.89. The molecule has 0 bridgehead atoms. The van der Waals surface area contributed by atoms with E-state index >= 15 is 0 Å². The van der Waals surface area contributed by atoms with E-state index in [1.807, 2.05) is 0 Å². The van der Waals surface area contributed by atoms with Crippen LogP contribution in [0.4, 0.5) is 15.8 Å². The van der Waals surface area contributed by atoms with E-state index in [2.05, 4.69) is 4.90 Å². The number of ether oxygens (including phenoxy) is 1. The molecule has 0 aliphatic carbocycles. The van der Waals surface area contributed by atoms with Gasteiger partial charge in [0.2, 0.25) is 0 Å². The first kappa shape index (κ1) is 11.5. The van der Waals surface area contributed by atoms with Gasteiger partial charge < -0.3 is 15.4 Å². The van der Waals surface area contributed by atoms with E-state index in [1.54, 1.807) is 13.2 Å². The molecule has 1 saturated heterocycles. The van der Waals surface area contributed by atoms with Crippen molar-refractivity contribution in [2.24, 2.45) is 0 Å². The van der Waals surface area contributed by atoms with E-state index < -0.39 is 5.82 Å². The van der Waals surface area contributed by atoms with Crippen LogP contribution in [0.15, 0.2) is 12.1 Å². The first-order chi connectivity index (χ1) is 7.61. The molecule has 0 amide bonds. The van der Waals surface area contributed by atoms with Crippen molar-refractivity contribution in [1.82, 2.24) is 0 Å². The molecule has 0 aromatic heterocycles. The number of nitrogen functional groups attached to an aromatic ring is 1. The lowest BCUT2D eigenvalue weighted by Gasteiger charge is -2.20. The molecular weight excluding hydrogens is 231 g/mol. The molecule has 1 unspecified atom stereocenters. The molecular formula is C11H14ClFN2O. The number of nitrogens with zero attached hydrogens (tertiary/aromatic N) is 1. The maximum absolute atomic E-state index is 13.1. The molecule has 5 heteroatoms. The monoisotopic (exact) mass is 244 g/mol. The van der Waals surface area contributed by atoms with Gasteiger partial charge in [-0.1, -0.05) is 11.6 Å². The molecule has 0 radical (unpaired) electrons. The van der Waals surface area contributed by atoms with Gasteiger partial charge in [0.1, 0.15) is 5.82 Å². The highest BCUT2D eigenvalue weighted by atomic mass is 35.5. The first-order valence-corrected chi connectivity index (χ1v) is 5.52. The Morgan fingerprint density at radius 2 is 2.31 bits per heavy atom. The van der Waals surface area contributed by atoms with E-state index in [0.717, 1.165) is 25.2 Å². The molecule has 1 atom stereocenters. The quantitative estimate of drug-likeness (QED) is 0.812. The lowest BCUT2D eigenvalue weighted by Crippen LogP contribution is -2.23. The van der Waals surface area contributed by atoms with Crippen LogP contribution in [0.1, 0.15) is 6.42 Å². The van der Waals surface area contributed by atoms with Gasteiger partial charge in [0.15, 0.2) is 0 Å². The van der Waals surface area contributed by atoms with E-state index in [0.29, 0.717) is 5.69 Å². The van der Waals surface area contributed by atoms with Crippen LogP contribution in [-0.4, -0.2) is 26.3 Å². The fourth-order valence-corrected chi connectivity index (χ4v) is 2.12. The van der Waals surface area contributed by atoms with Gasteiger partial charge in [0.05, 0.1) is 22.5 Å². The number of nitrogens with two attached hydrogens (primary N) is 1. The number of methoxy groups -OCH3 is 1. The molecule has 16 heavy (non-hydrogen) atoms. The molecule has 1 aliphatic heterocycles. The highest BCUT2D eigenvalue weighted by molar-refractivity contribution is 6.31. The molecule has 0 spiro atoms. The molecule has 1 aromatic carbocycles. The Bertz CT molecular complexity index is 400. The molecule has 1 fully saturated rings. The fourth-order valence-electron chi connectivity index (χ4n) is 1.96. The molecule has 2 rings (SSSR count). The van der Waals surface area contributed by atoms with Gasteiger partial charge in [-0.15, -0.1) is 0 Å². The summed E-state index contributed by atoms with van der Waals surface area (Å²) in [5.41, 5.74) is 6.97. The van der Waals surface area contributed by atoms with Crippen molar-refractivity contribution in [3.63, 3.8) is 0 Å². The van der Waals surface area contributed by atoms with Gasteiger partial charge in [-0.05, 0) is 12.5 Å². The SMILES string of the molecule is COC1CCN(c2cc(Cl)c(F)cc2N)C1. The Labute approximate surface area is 98.9 Å². The third-order valence-corrected chi connectivity index (χ3v) is 3.18. The smallest absolute Gasteiger partial charge is 0.143 e. The Morgan fingerprint density at radius 3 is 2.94 bits per heavy atom. The number of hydrogen-bond acceptors (Lipinski definition) is 3. The molecule has 1 heterocycles. The van der Waals surface area contributed by atoms with Gasteiger partial charge in [0, 0.05) is 26.3 Å². The summed E-state index contributed by atoms with van der Waals surface area (Å²) in [5, 5.41) is 0.102. The second-order valence-corrected chi connectivity index (χ2v) is 4.32. The van der Waals surface area contributed by atoms with Crippen LogP contribution in [0.3, 0.4) is 0 Å². The predicted molar refractivity (Wildman–Crippen MR) is 63.4 cm³/mol. The van der Waals surface area contributed by atoms with Crippen molar-refractivity contribution in [1.29, 1.82) is 0 Å². The summed E-state index contributed by atoms with van der Waals surface area (Å²) in [5.74, 6) is -0.481. The molecule has 2 N–H and O–H groups in total. The van der Waals surface area contributed by atoms with Crippen molar-refractivity contribution in [3.8, 4) is 0 Å². The summed E-state index contributed by atoms with van der Waals surface area (Å²) in [6.45, 7) is 1.62. The van der Waals surface area contributed by atoms with Crippen LogP contribution < -0.4 is 10.6 Å². The summed E-state index contributed by atoms with van der Waals surface area (Å²) < 4.78 is 18.4. The number of rotatable bonds is 2. The fraction of sp³-hybridized carbons (Fsp3) is 0.455. The Hall–Kier alpha value is -1.00. The molecule has 1 aromatic rings. The minimum absolute atomic E-state index is 0.102. The average Bonchev–Trinajstić information content (AvgIpc) is 2.71. The number of halogens is 2. The predicted octanol–water partition coefficient (Wildman–Crippen LogP) is 2.29. The van der Waals surface area contributed by atoms with Crippen molar-refractivity contribution in [2.45, 2.75) is 12.5 Å². The molecule has 88 valence electrons.